The molecule has 13 heteroatoms. The summed E-state index contributed by atoms with van der Waals surface area (Å²) >= 11 is 0. The first-order valence-corrected chi connectivity index (χ1v) is 10.1. The van der Waals surface area contributed by atoms with Gasteiger partial charge in [0.15, 0.2) is 0 Å². The minimum absolute atomic E-state index is 0. The van der Waals surface area contributed by atoms with Gasteiger partial charge >= 0.3 is 59.1 Å². The molecule has 0 heterocycles. The van der Waals surface area contributed by atoms with E-state index in [1.54, 1.807) is 0 Å². The monoisotopic (exact) mass is 452 g/mol. The quantitative estimate of drug-likeness (QED) is 0.248. The summed E-state index contributed by atoms with van der Waals surface area (Å²) in [4.78, 5) is -0.834. The standard InChI is InChI=1S/C16H12N2O7S2.2Na/c19-15-8-1-10-9-13(27(23,24)25)6-7-14(10)16(15)18-17-11-2-4-12(5-3-11)26(20,21)22;;/h1-9,19H,(H,20,21,22)(H,23,24,25);;/q;2*+1/p-2/b18-17-;;. The average molecular weight is 452 g/mol. The van der Waals surface area contributed by atoms with Crippen LogP contribution in [0.2, 0.25) is 0 Å². The van der Waals surface area contributed by atoms with Gasteiger partial charge in [0.1, 0.15) is 31.7 Å². The van der Waals surface area contributed by atoms with Crippen molar-refractivity contribution in [2.75, 3.05) is 0 Å². The van der Waals surface area contributed by atoms with Gasteiger partial charge in [-0.3, -0.25) is 0 Å². The van der Waals surface area contributed by atoms with Crippen LogP contribution >= 0.6 is 0 Å². The van der Waals surface area contributed by atoms with Crippen LogP contribution in [0.1, 0.15) is 0 Å². The minimum Gasteiger partial charge on any atom is -0.744 e. The van der Waals surface area contributed by atoms with E-state index in [9.17, 15) is 31.0 Å². The molecule has 140 valence electrons. The summed E-state index contributed by atoms with van der Waals surface area (Å²) in [5.41, 5.74) is 0.250. The Labute approximate surface area is 210 Å². The zero-order valence-corrected chi connectivity index (χ0v) is 20.9. The molecule has 0 saturated heterocycles. The van der Waals surface area contributed by atoms with E-state index < -0.39 is 30.0 Å². The molecule has 0 aliphatic rings. The molecule has 0 bridgehead atoms. The number of aromatic hydroxyl groups is 1. The number of fused-ring (bicyclic) bond motifs is 1. The van der Waals surface area contributed by atoms with Gasteiger partial charge in [-0.2, -0.15) is 5.11 Å². The Balaban J connectivity index is 0.00000210. The molecule has 0 unspecified atom stereocenters. The number of rotatable bonds is 4. The summed E-state index contributed by atoms with van der Waals surface area (Å²) in [6.45, 7) is 0. The van der Waals surface area contributed by atoms with Gasteiger partial charge in [-0.25, -0.2) is 16.8 Å². The Hall–Kier alpha value is -0.860. The first kappa shape index (κ1) is 26.2. The first-order chi connectivity index (χ1) is 12.6. The van der Waals surface area contributed by atoms with Gasteiger partial charge in [0, 0.05) is 5.39 Å². The predicted molar refractivity (Wildman–Crippen MR) is 92.2 cm³/mol. The smallest absolute Gasteiger partial charge is 0.744 e. The van der Waals surface area contributed by atoms with Crippen molar-refractivity contribution in [3.8, 4) is 5.75 Å². The number of azo groups is 1. The fourth-order valence-corrected chi connectivity index (χ4v) is 3.30. The van der Waals surface area contributed by atoms with E-state index in [4.69, 9.17) is 0 Å². The topological polar surface area (TPSA) is 159 Å². The van der Waals surface area contributed by atoms with Gasteiger partial charge in [0.05, 0.1) is 15.5 Å². The number of phenolic OH excluding ortho intramolecular Hbond substituents is 1. The van der Waals surface area contributed by atoms with Gasteiger partial charge in [0.25, 0.3) is 0 Å². The summed E-state index contributed by atoms with van der Waals surface area (Å²) < 4.78 is 66.1. The van der Waals surface area contributed by atoms with Crippen LogP contribution in [-0.2, 0) is 20.2 Å². The Kier molecular flexibility index (Phi) is 8.99. The summed E-state index contributed by atoms with van der Waals surface area (Å²) in [6.07, 6.45) is 0. The molecule has 0 aliphatic heterocycles. The van der Waals surface area contributed by atoms with Crippen molar-refractivity contribution in [3.63, 3.8) is 0 Å². The molecule has 0 amide bonds. The molecule has 0 saturated carbocycles. The molecule has 9 nitrogen and oxygen atoms in total. The van der Waals surface area contributed by atoms with Crippen molar-refractivity contribution >= 4 is 42.4 Å². The molecule has 29 heavy (non-hydrogen) atoms. The Morgan fingerprint density at radius 2 is 1.28 bits per heavy atom. The maximum atomic E-state index is 11.1. The summed E-state index contributed by atoms with van der Waals surface area (Å²) in [6, 6.07) is 10.9. The zero-order chi connectivity index (χ0) is 19.8. The van der Waals surface area contributed by atoms with E-state index in [-0.39, 0.29) is 76.2 Å². The molecule has 0 aromatic heterocycles. The number of hydrogen-bond donors (Lipinski definition) is 1. The van der Waals surface area contributed by atoms with Crippen LogP contribution in [0.25, 0.3) is 10.8 Å². The normalized spacial score (nSPS) is 11.8. The molecule has 1 N–H and O–H groups in total. The molecule has 3 aromatic rings. The van der Waals surface area contributed by atoms with E-state index in [0.29, 0.717) is 10.8 Å². The van der Waals surface area contributed by atoms with Crippen molar-refractivity contribution in [1.29, 1.82) is 0 Å². The molecule has 0 fully saturated rings. The molecule has 0 radical (unpaired) electrons. The van der Waals surface area contributed by atoms with E-state index >= 15 is 0 Å². The van der Waals surface area contributed by atoms with Gasteiger partial charge in [0.2, 0.25) is 0 Å². The minimum atomic E-state index is -4.63. The van der Waals surface area contributed by atoms with Crippen molar-refractivity contribution in [3.05, 3.63) is 54.6 Å². The van der Waals surface area contributed by atoms with Crippen LogP contribution in [-0.4, -0.2) is 31.0 Å². The number of hydrogen-bond acceptors (Lipinski definition) is 9. The third-order valence-corrected chi connectivity index (χ3v) is 5.30. The molecule has 3 rings (SSSR count). The molecular formula is C16H10N2Na2O7S2. The SMILES string of the molecule is O=S(=O)([O-])c1ccc(/N=N\c2c(O)ccc3cc(S(=O)(=O)[O-])ccc23)cc1.[Na+].[Na+]. The first-order valence-electron chi connectivity index (χ1n) is 7.25. The third-order valence-electron chi connectivity index (χ3n) is 3.62. The molecule has 0 atom stereocenters. The van der Waals surface area contributed by atoms with Crippen molar-refractivity contribution in [2.24, 2.45) is 10.2 Å². The van der Waals surface area contributed by atoms with Gasteiger partial charge in [-0.05, 0) is 47.9 Å². The predicted octanol–water partition coefficient (Wildman–Crippen LogP) is -3.22. The van der Waals surface area contributed by atoms with Crippen LogP contribution < -0.4 is 59.1 Å². The molecule has 3 aromatic carbocycles. The maximum absolute atomic E-state index is 11.1. The third kappa shape index (κ3) is 6.31. The van der Waals surface area contributed by atoms with Gasteiger partial charge in [-0.15, -0.1) is 5.11 Å². The second kappa shape index (κ2) is 9.96. The fourth-order valence-electron chi connectivity index (χ4n) is 2.33. The van der Waals surface area contributed by atoms with Crippen LogP contribution in [0, 0.1) is 0 Å². The zero-order valence-electron chi connectivity index (χ0n) is 15.3. The van der Waals surface area contributed by atoms with E-state index in [2.05, 4.69) is 10.2 Å². The number of nitrogens with zero attached hydrogens (tertiary/aromatic N) is 2. The number of phenols is 1. The summed E-state index contributed by atoms with van der Waals surface area (Å²) in [5, 5.41) is 18.5. The fraction of sp³-hybridized carbons (Fsp3) is 0. The summed E-state index contributed by atoms with van der Waals surface area (Å²) in [7, 11) is -9.21. The Morgan fingerprint density at radius 3 is 1.83 bits per heavy atom. The van der Waals surface area contributed by atoms with Crippen LogP contribution in [0.5, 0.6) is 5.75 Å². The van der Waals surface area contributed by atoms with E-state index in [1.165, 1.54) is 30.3 Å². The average Bonchev–Trinajstić information content (AvgIpc) is 2.59. The van der Waals surface area contributed by atoms with E-state index in [0.717, 1.165) is 24.3 Å². The largest absolute Gasteiger partial charge is 1.00 e. The van der Waals surface area contributed by atoms with Crippen LogP contribution in [0.15, 0.2) is 74.6 Å². The van der Waals surface area contributed by atoms with Crippen LogP contribution in [0.3, 0.4) is 0 Å². The van der Waals surface area contributed by atoms with Gasteiger partial charge in [-0.1, -0.05) is 12.1 Å². The Morgan fingerprint density at radius 1 is 0.724 bits per heavy atom. The van der Waals surface area contributed by atoms with Crippen molar-refractivity contribution < 1.29 is 90.2 Å². The second-order valence-electron chi connectivity index (χ2n) is 5.42. The molecular weight excluding hydrogens is 442 g/mol. The van der Waals surface area contributed by atoms with Gasteiger partial charge < -0.3 is 14.2 Å². The summed E-state index contributed by atoms with van der Waals surface area (Å²) in [5.74, 6) is -0.234. The van der Waals surface area contributed by atoms with Crippen molar-refractivity contribution in [1.82, 2.24) is 0 Å². The second-order valence-corrected chi connectivity index (χ2v) is 8.18. The van der Waals surface area contributed by atoms with Crippen molar-refractivity contribution in [2.45, 2.75) is 9.79 Å². The number of benzene rings is 3. The molecule has 0 aliphatic carbocycles. The van der Waals surface area contributed by atoms with Crippen LogP contribution in [0.4, 0.5) is 11.4 Å². The van der Waals surface area contributed by atoms with E-state index in [1.807, 2.05) is 0 Å². The maximum Gasteiger partial charge on any atom is 1.00 e. The molecule has 0 spiro atoms. The Bertz CT molecular complexity index is 1280.